The molecule has 1 aliphatic rings. The molecule has 0 unspecified atom stereocenters. The van der Waals surface area contributed by atoms with Crippen LogP contribution in [-0.2, 0) is 33.7 Å². The fraction of sp³-hybridized carbons (Fsp3) is 0.400. The summed E-state index contributed by atoms with van der Waals surface area (Å²) in [5.74, 6) is -4.77. The number of amides is 1. The van der Waals surface area contributed by atoms with Gasteiger partial charge < -0.3 is 24.6 Å². The zero-order chi connectivity index (χ0) is 32.4. The zero-order valence-corrected chi connectivity index (χ0v) is 22.7. The van der Waals surface area contributed by atoms with Gasteiger partial charge in [0.25, 0.3) is 5.91 Å². The molecule has 18 heteroatoms. The van der Waals surface area contributed by atoms with E-state index in [2.05, 4.69) is 15.3 Å². The normalized spacial score (nSPS) is 13.0. The number of carboxylic acids is 2. The number of alkyl halides is 6. The lowest BCUT2D eigenvalue weighted by molar-refractivity contribution is -0.193. The first-order valence-electron chi connectivity index (χ1n) is 12.2. The number of rotatable bonds is 6. The van der Waals surface area contributed by atoms with Crippen molar-refractivity contribution >= 4 is 17.8 Å². The van der Waals surface area contributed by atoms with Crippen molar-refractivity contribution in [2.24, 2.45) is 0 Å². The first-order valence-corrected chi connectivity index (χ1v) is 12.2. The number of hydrogen-bond donors (Lipinski definition) is 3. The number of carbonyl (C=O) groups is 3. The Kier molecular flexibility index (Phi) is 12.1. The molecule has 0 atom stereocenters. The van der Waals surface area contributed by atoms with E-state index in [1.807, 2.05) is 35.4 Å². The van der Waals surface area contributed by atoms with Crippen LogP contribution in [0.25, 0.3) is 11.3 Å². The number of carboxylic acid groups (broad SMARTS) is 2. The van der Waals surface area contributed by atoms with Gasteiger partial charge in [0.2, 0.25) is 0 Å². The second kappa shape index (κ2) is 15.0. The van der Waals surface area contributed by atoms with Crippen LogP contribution >= 0.6 is 0 Å². The molecule has 0 saturated heterocycles. The Hall–Kier alpha value is -4.61. The Bertz CT molecular complexity index is 1360. The zero-order valence-electron chi connectivity index (χ0n) is 22.7. The van der Waals surface area contributed by atoms with Crippen LogP contribution in [0.4, 0.5) is 26.3 Å². The number of H-pyrrole nitrogens is 1. The van der Waals surface area contributed by atoms with E-state index in [4.69, 9.17) is 29.3 Å². The molecule has 0 fully saturated rings. The number of ether oxygens (including phenoxy) is 2. The number of aliphatic carboxylic acids is 2. The van der Waals surface area contributed by atoms with Crippen LogP contribution in [0.3, 0.4) is 0 Å². The van der Waals surface area contributed by atoms with E-state index >= 15 is 0 Å². The molecule has 12 nitrogen and oxygen atoms in total. The third-order valence-electron chi connectivity index (χ3n) is 5.73. The highest BCUT2D eigenvalue weighted by Gasteiger charge is 2.39. The van der Waals surface area contributed by atoms with Crippen LogP contribution in [-0.4, -0.2) is 99.2 Å². The third kappa shape index (κ3) is 10.0. The standard InChI is InChI=1S/C21H25N5O3.2C2HF3O2/c1-28-14-13-26-12-9-18(24-26)21(27)25-10-7-15-17(8-11-25)22-23-20(15)16-5-3-4-6-19(16)29-2;2*3-2(4,5)1(6)7/h3-6,9,12H,7-8,10-11,13-14H2,1-2H3,(H,22,23);2*(H,6,7). The molecule has 3 aromatic rings. The summed E-state index contributed by atoms with van der Waals surface area (Å²) in [7, 11) is 3.31. The first kappa shape index (κ1) is 34.6. The van der Waals surface area contributed by atoms with Crippen molar-refractivity contribution in [2.45, 2.75) is 31.7 Å². The van der Waals surface area contributed by atoms with Gasteiger partial charge in [0.05, 0.1) is 26.0 Å². The predicted octanol–water partition coefficient (Wildman–Crippen LogP) is 3.44. The van der Waals surface area contributed by atoms with Crippen molar-refractivity contribution in [3.63, 3.8) is 0 Å². The van der Waals surface area contributed by atoms with Gasteiger partial charge in [-0.2, -0.15) is 36.5 Å². The molecular weight excluding hydrogens is 596 g/mol. The fourth-order valence-corrected chi connectivity index (χ4v) is 3.70. The van der Waals surface area contributed by atoms with E-state index < -0.39 is 24.3 Å². The Morgan fingerprint density at radius 2 is 1.53 bits per heavy atom. The number of halogens is 6. The van der Waals surface area contributed by atoms with Crippen LogP contribution < -0.4 is 4.74 Å². The summed E-state index contributed by atoms with van der Waals surface area (Å²) in [5.41, 5.74) is 4.55. The van der Waals surface area contributed by atoms with Crippen LogP contribution in [0, 0.1) is 0 Å². The quantitative estimate of drug-likeness (QED) is 0.350. The number of aromatic nitrogens is 4. The lowest BCUT2D eigenvalue weighted by Crippen LogP contribution is -2.33. The van der Waals surface area contributed by atoms with Crippen molar-refractivity contribution < 1.29 is 60.4 Å². The number of para-hydroxylation sites is 1. The highest BCUT2D eigenvalue weighted by atomic mass is 19.4. The molecule has 4 rings (SSSR count). The summed E-state index contributed by atoms with van der Waals surface area (Å²) in [6, 6.07) is 9.63. The monoisotopic (exact) mass is 623 g/mol. The summed E-state index contributed by atoms with van der Waals surface area (Å²) in [6.07, 6.45) is -6.89. The minimum absolute atomic E-state index is 0.0434. The van der Waals surface area contributed by atoms with Crippen LogP contribution in [0.2, 0.25) is 0 Å². The molecule has 43 heavy (non-hydrogen) atoms. The molecule has 0 spiro atoms. The average Bonchev–Trinajstić information content (AvgIpc) is 3.53. The van der Waals surface area contributed by atoms with E-state index in [9.17, 15) is 31.1 Å². The minimum atomic E-state index is -5.08. The third-order valence-corrected chi connectivity index (χ3v) is 5.73. The second-order valence-corrected chi connectivity index (χ2v) is 8.58. The molecule has 1 amide bonds. The number of hydrogen-bond acceptors (Lipinski definition) is 7. The van der Waals surface area contributed by atoms with Gasteiger partial charge in [0, 0.05) is 49.6 Å². The summed E-state index contributed by atoms with van der Waals surface area (Å²) >= 11 is 0. The number of aromatic amines is 1. The molecule has 0 bridgehead atoms. The SMILES string of the molecule is COCCn1ccc(C(=O)N2CCc3[nH]nc(-c4ccccc4OC)c3CC2)n1.O=C(O)C(F)(F)F.O=C(O)C(F)(F)F. The van der Waals surface area contributed by atoms with Gasteiger partial charge in [0.1, 0.15) is 11.4 Å². The summed E-state index contributed by atoms with van der Waals surface area (Å²) < 4.78 is 75.8. The lowest BCUT2D eigenvalue weighted by atomic mass is 10.0. The van der Waals surface area contributed by atoms with Crippen LogP contribution in [0.15, 0.2) is 36.5 Å². The van der Waals surface area contributed by atoms with Gasteiger partial charge in [-0.25, -0.2) is 9.59 Å². The number of nitrogens with zero attached hydrogens (tertiary/aromatic N) is 4. The fourth-order valence-electron chi connectivity index (χ4n) is 3.70. The first-order chi connectivity index (χ1) is 20.1. The molecule has 0 saturated carbocycles. The van der Waals surface area contributed by atoms with Gasteiger partial charge in [-0.3, -0.25) is 14.6 Å². The van der Waals surface area contributed by atoms with Gasteiger partial charge in [-0.05, 0) is 24.6 Å². The van der Waals surface area contributed by atoms with Crippen molar-refractivity contribution in [3.05, 3.63) is 53.5 Å². The molecule has 1 aromatic carbocycles. The number of carbonyl (C=O) groups excluding carboxylic acids is 1. The molecule has 236 valence electrons. The maximum absolute atomic E-state index is 12.9. The minimum Gasteiger partial charge on any atom is -0.496 e. The molecule has 1 aliphatic heterocycles. The Labute approximate surface area is 239 Å². The molecule has 0 radical (unpaired) electrons. The number of benzene rings is 1. The van der Waals surface area contributed by atoms with Crippen molar-refractivity contribution in [3.8, 4) is 17.0 Å². The van der Waals surface area contributed by atoms with Crippen LogP contribution in [0.5, 0.6) is 5.75 Å². The van der Waals surface area contributed by atoms with Gasteiger partial charge in [-0.15, -0.1) is 0 Å². The van der Waals surface area contributed by atoms with E-state index in [0.29, 0.717) is 31.9 Å². The predicted molar refractivity (Wildman–Crippen MR) is 135 cm³/mol. The molecule has 2 aromatic heterocycles. The Balaban J connectivity index is 0.000000384. The van der Waals surface area contributed by atoms with E-state index in [1.165, 1.54) is 0 Å². The van der Waals surface area contributed by atoms with E-state index in [0.717, 1.165) is 41.1 Å². The summed E-state index contributed by atoms with van der Waals surface area (Å²) in [5, 5.41) is 26.3. The smallest absolute Gasteiger partial charge is 0.490 e. The van der Waals surface area contributed by atoms with Crippen LogP contribution in [0.1, 0.15) is 21.7 Å². The molecule has 3 heterocycles. The van der Waals surface area contributed by atoms with E-state index in [-0.39, 0.29) is 5.91 Å². The van der Waals surface area contributed by atoms with Gasteiger partial charge in [0.15, 0.2) is 0 Å². The largest absolute Gasteiger partial charge is 0.496 e. The Morgan fingerprint density at radius 1 is 0.953 bits per heavy atom. The molecule has 3 N–H and O–H groups in total. The Morgan fingerprint density at radius 3 is 2.09 bits per heavy atom. The lowest BCUT2D eigenvalue weighted by Gasteiger charge is -2.19. The summed E-state index contributed by atoms with van der Waals surface area (Å²) in [4.78, 5) is 32.6. The second-order valence-electron chi connectivity index (χ2n) is 8.58. The number of methoxy groups -OCH3 is 2. The summed E-state index contributed by atoms with van der Waals surface area (Å²) in [6.45, 7) is 2.44. The van der Waals surface area contributed by atoms with Crippen molar-refractivity contribution in [1.29, 1.82) is 0 Å². The van der Waals surface area contributed by atoms with Gasteiger partial charge >= 0.3 is 24.3 Å². The topological polar surface area (TPSA) is 160 Å². The van der Waals surface area contributed by atoms with Gasteiger partial charge in [-0.1, -0.05) is 12.1 Å². The van der Waals surface area contributed by atoms with Crippen molar-refractivity contribution in [2.75, 3.05) is 33.9 Å². The highest BCUT2D eigenvalue weighted by molar-refractivity contribution is 5.92. The van der Waals surface area contributed by atoms with Crippen molar-refractivity contribution in [1.82, 2.24) is 24.9 Å². The number of nitrogens with one attached hydrogen (secondary N) is 1. The number of fused-ring (bicyclic) bond motifs is 1. The van der Waals surface area contributed by atoms with E-state index in [1.54, 1.807) is 25.0 Å². The average molecular weight is 624 g/mol. The molecule has 0 aliphatic carbocycles. The maximum atomic E-state index is 12.9. The molecular formula is C25H27F6N5O7. The maximum Gasteiger partial charge on any atom is 0.490 e. The highest BCUT2D eigenvalue weighted by Crippen LogP contribution is 2.33.